The fraction of sp³-hybridized carbons (Fsp3) is 0.379. The van der Waals surface area contributed by atoms with Gasteiger partial charge in [0, 0.05) is 23.7 Å². The molecule has 1 N–H and O–H groups in total. The summed E-state index contributed by atoms with van der Waals surface area (Å²) in [4.78, 5) is 16.7. The third-order valence-corrected chi connectivity index (χ3v) is 7.53. The summed E-state index contributed by atoms with van der Waals surface area (Å²) in [5, 5.41) is 2.98. The zero-order chi connectivity index (χ0) is 22.7. The van der Waals surface area contributed by atoms with Crippen LogP contribution in [-0.2, 0) is 12.0 Å². The lowest BCUT2D eigenvalue weighted by molar-refractivity contribution is 0.0953. The van der Waals surface area contributed by atoms with Crippen molar-refractivity contribution in [2.24, 2.45) is 11.8 Å². The molecule has 1 aromatic heterocycles. The number of benzene rings is 2. The van der Waals surface area contributed by atoms with Crippen LogP contribution >= 0.6 is 0 Å². The second kappa shape index (κ2) is 9.38. The highest BCUT2D eigenvalue weighted by Crippen LogP contribution is 2.60. The minimum absolute atomic E-state index is 0.0137. The first-order valence-electron chi connectivity index (χ1n) is 12.2. The summed E-state index contributed by atoms with van der Waals surface area (Å²) in [5.41, 5.74) is 4.39. The average Bonchev–Trinajstić information content (AvgIpc) is 3.49. The van der Waals surface area contributed by atoms with Gasteiger partial charge >= 0.3 is 0 Å². The summed E-state index contributed by atoms with van der Waals surface area (Å²) in [6, 6.07) is 22.9. The van der Waals surface area contributed by atoms with Gasteiger partial charge in [-0.1, -0.05) is 43.7 Å². The van der Waals surface area contributed by atoms with Gasteiger partial charge in [0.05, 0.1) is 5.69 Å². The van der Waals surface area contributed by atoms with Gasteiger partial charge in [0.2, 0.25) is 0 Å². The second-order valence-electron chi connectivity index (χ2n) is 9.52. The maximum absolute atomic E-state index is 12.4. The standard InChI is InChI=1S/C29H32N2O2/c1-2-16-31-28(32)22-7-10-23(11-8-22)29(19-21-6-9-25(29)18-21)24-12-14-27(15-13-24)33-20-26-5-3-4-17-30-26/h3-5,7-8,10-15,17,21,25H,2,6,9,16,18-20H2,1H3,(H,31,32)/t21-,25+,29-/m1/s1. The van der Waals surface area contributed by atoms with Gasteiger partial charge in [-0.2, -0.15) is 0 Å². The van der Waals surface area contributed by atoms with Crippen molar-refractivity contribution in [1.29, 1.82) is 0 Å². The molecule has 0 radical (unpaired) electrons. The van der Waals surface area contributed by atoms with Crippen LogP contribution in [0, 0.1) is 11.8 Å². The van der Waals surface area contributed by atoms with Crippen LogP contribution < -0.4 is 10.1 Å². The molecule has 2 aliphatic carbocycles. The topological polar surface area (TPSA) is 51.2 Å². The quantitative estimate of drug-likeness (QED) is 0.474. The molecule has 33 heavy (non-hydrogen) atoms. The molecule has 3 atom stereocenters. The normalized spacial score (nSPS) is 23.4. The van der Waals surface area contributed by atoms with E-state index in [1.165, 1.54) is 36.8 Å². The number of aromatic nitrogens is 1. The number of hydrogen-bond donors (Lipinski definition) is 1. The summed E-state index contributed by atoms with van der Waals surface area (Å²) >= 11 is 0. The largest absolute Gasteiger partial charge is 0.487 e. The Labute approximate surface area is 196 Å². The molecule has 0 spiro atoms. The van der Waals surface area contributed by atoms with Gasteiger partial charge in [-0.15, -0.1) is 0 Å². The number of pyridine rings is 1. The Morgan fingerprint density at radius 1 is 1.03 bits per heavy atom. The van der Waals surface area contributed by atoms with Crippen molar-refractivity contribution in [3.05, 3.63) is 95.3 Å². The number of hydrogen-bond acceptors (Lipinski definition) is 3. The van der Waals surface area contributed by atoms with Crippen molar-refractivity contribution in [2.75, 3.05) is 6.54 Å². The van der Waals surface area contributed by atoms with Crippen LogP contribution in [0.25, 0.3) is 0 Å². The molecule has 2 aromatic carbocycles. The van der Waals surface area contributed by atoms with Crippen molar-refractivity contribution in [3.63, 3.8) is 0 Å². The number of carbonyl (C=O) groups excluding carboxylic acids is 1. The minimum Gasteiger partial charge on any atom is -0.487 e. The van der Waals surface area contributed by atoms with Gasteiger partial charge in [-0.05, 0) is 85.0 Å². The van der Waals surface area contributed by atoms with E-state index >= 15 is 0 Å². The van der Waals surface area contributed by atoms with E-state index in [9.17, 15) is 4.79 Å². The highest BCUT2D eigenvalue weighted by atomic mass is 16.5. The first-order valence-corrected chi connectivity index (χ1v) is 12.2. The third-order valence-electron chi connectivity index (χ3n) is 7.53. The van der Waals surface area contributed by atoms with Crippen LogP contribution in [0.5, 0.6) is 5.75 Å². The molecular formula is C29H32N2O2. The Hall–Kier alpha value is -3.14. The van der Waals surface area contributed by atoms with Gasteiger partial charge < -0.3 is 10.1 Å². The number of nitrogens with zero attached hydrogens (tertiary/aromatic N) is 1. The first-order chi connectivity index (χ1) is 16.2. The maximum Gasteiger partial charge on any atom is 0.251 e. The molecule has 170 valence electrons. The molecule has 1 heterocycles. The summed E-state index contributed by atoms with van der Waals surface area (Å²) in [6.07, 6.45) is 7.84. The number of ether oxygens (including phenoxy) is 1. The van der Waals surface area contributed by atoms with Gasteiger partial charge in [0.25, 0.3) is 5.91 Å². The summed E-state index contributed by atoms with van der Waals surface area (Å²) < 4.78 is 5.98. The number of rotatable bonds is 8. The minimum atomic E-state index is 0.0137. The van der Waals surface area contributed by atoms with Crippen molar-refractivity contribution >= 4 is 5.91 Å². The van der Waals surface area contributed by atoms with Gasteiger partial charge in [0.15, 0.2) is 0 Å². The van der Waals surface area contributed by atoms with E-state index in [0.29, 0.717) is 19.1 Å². The van der Waals surface area contributed by atoms with Crippen LogP contribution in [0.3, 0.4) is 0 Å². The Morgan fingerprint density at radius 2 is 1.79 bits per heavy atom. The number of fused-ring (bicyclic) bond motifs is 2. The summed E-state index contributed by atoms with van der Waals surface area (Å²) in [6.45, 7) is 3.25. The summed E-state index contributed by atoms with van der Waals surface area (Å²) in [7, 11) is 0. The monoisotopic (exact) mass is 440 g/mol. The number of amides is 1. The van der Waals surface area contributed by atoms with Crippen molar-refractivity contribution in [1.82, 2.24) is 10.3 Å². The molecule has 2 bridgehead atoms. The van der Waals surface area contributed by atoms with E-state index in [0.717, 1.165) is 29.3 Å². The lowest BCUT2D eigenvalue weighted by Crippen LogP contribution is -2.34. The van der Waals surface area contributed by atoms with E-state index in [2.05, 4.69) is 53.6 Å². The Morgan fingerprint density at radius 3 is 2.39 bits per heavy atom. The maximum atomic E-state index is 12.4. The van der Waals surface area contributed by atoms with Crippen LogP contribution in [0.15, 0.2) is 72.9 Å². The molecule has 5 rings (SSSR count). The second-order valence-corrected chi connectivity index (χ2v) is 9.52. The van der Waals surface area contributed by atoms with Gasteiger partial charge in [0.1, 0.15) is 12.4 Å². The SMILES string of the molecule is CCCNC(=O)c1ccc([C@@]2(c3ccc(OCc4ccccn4)cc3)C[C@@H]3CC[C@H]2C3)cc1. The van der Waals surface area contributed by atoms with E-state index in [1.54, 1.807) is 6.20 Å². The molecule has 0 unspecified atom stereocenters. The highest BCUT2D eigenvalue weighted by Gasteiger charge is 2.52. The van der Waals surface area contributed by atoms with Crippen LogP contribution in [0.4, 0.5) is 0 Å². The molecular weight excluding hydrogens is 408 g/mol. The highest BCUT2D eigenvalue weighted by molar-refractivity contribution is 5.94. The van der Waals surface area contributed by atoms with Gasteiger partial charge in [-0.25, -0.2) is 0 Å². The van der Waals surface area contributed by atoms with Gasteiger partial charge in [-0.3, -0.25) is 9.78 Å². The Kier molecular flexibility index (Phi) is 6.17. The molecule has 4 heteroatoms. The molecule has 4 nitrogen and oxygen atoms in total. The van der Waals surface area contributed by atoms with E-state index in [1.807, 2.05) is 30.3 Å². The lowest BCUT2D eigenvalue weighted by atomic mass is 9.64. The van der Waals surface area contributed by atoms with Crippen LogP contribution in [0.2, 0.25) is 0 Å². The fourth-order valence-corrected chi connectivity index (χ4v) is 5.95. The molecule has 0 saturated heterocycles. The smallest absolute Gasteiger partial charge is 0.251 e. The predicted molar refractivity (Wildman–Crippen MR) is 130 cm³/mol. The molecule has 1 amide bonds. The van der Waals surface area contributed by atoms with Crippen molar-refractivity contribution in [2.45, 2.75) is 51.0 Å². The van der Waals surface area contributed by atoms with Crippen LogP contribution in [-0.4, -0.2) is 17.4 Å². The number of carbonyl (C=O) groups is 1. The number of nitrogens with one attached hydrogen (secondary N) is 1. The molecule has 3 aromatic rings. The summed E-state index contributed by atoms with van der Waals surface area (Å²) in [5.74, 6) is 2.33. The fourth-order valence-electron chi connectivity index (χ4n) is 5.95. The lowest BCUT2D eigenvalue weighted by Gasteiger charge is -2.39. The molecule has 2 aliphatic rings. The Bertz CT molecular complexity index is 1080. The zero-order valence-electron chi connectivity index (χ0n) is 19.3. The predicted octanol–water partition coefficient (Wildman–Crippen LogP) is 5.91. The Balaban J connectivity index is 1.39. The van der Waals surface area contributed by atoms with E-state index < -0.39 is 0 Å². The molecule has 0 aliphatic heterocycles. The van der Waals surface area contributed by atoms with Crippen LogP contribution in [0.1, 0.15) is 66.2 Å². The molecule has 2 fully saturated rings. The van der Waals surface area contributed by atoms with E-state index in [4.69, 9.17) is 4.74 Å². The van der Waals surface area contributed by atoms with Crippen molar-refractivity contribution in [3.8, 4) is 5.75 Å². The molecule has 2 saturated carbocycles. The zero-order valence-corrected chi connectivity index (χ0v) is 19.3. The first kappa shape index (κ1) is 21.7. The third kappa shape index (κ3) is 4.27. The average molecular weight is 441 g/mol. The van der Waals surface area contributed by atoms with E-state index in [-0.39, 0.29) is 11.3 Å². The van der Waals surface area contributed by atoms with Crippen molar-refractivity contribution < 1.29 is 9.53 Å².